The predicted molar refractivity (Wildman–Crippen MR) is 96.5 cm³/mol. The van der Waals surface area contributed by atoms with Crippen molar-refractivity contribution in [1.82, 2.24) is 0 Å². The van der Waals surface area contributed by atoms with Gasteiger partial charge in [-0.05, 0) is 93.3 Å². The van der Waals surface area contributed by atoms with Crippen molar-refractivity contribution in [3.63, 3.8) is 0 Å². The average Bonchev–Trinajstić information content (AvgIpc) is 2.79. The van der Waals surface area contributed by atoms with Crippen LogP contribution in [0, 0.1) is 34.5 Å². The van der Waals surface area contributed by atoms with E-state index in [1.54, 1.807) is 5.57 Å². The molecule has 0 radical (unpaired) electrons. The number of aliphatic hydroxyl groups is 1. The second-order valence-corrected chi connectivity index (χ2v) is 9.79. The predicted octanol–water partition coefficient (Wildman–Crippen LogP) is 4.91. The van der Waals surface area contributed by atoms with Gasteiger partial charge in [-0.15, -0.1) is 0 Å². The highest BCUT2D eigenvalue weighted by atomic mass is 16.3. The first-order valence-corrected chi connectivity index (χ1v) is 10.2. The number of hydrogen-bond acceptors (Lipinski definition) is 2. The Labute approximate surface area is 147 Å². The number of carbonyl (C=O) groups excluding carboxylic acids is 1. The molecule has 0 aliphatic heterocycles. The van der Waals surface area contributed by atoms with Crippen molar-refractivity contribution in [3.8, 4) is 0 Å². The van der Waals surface area contributed by atoms with Crippen LogP contribution in [0.15, 0.2) is 11.6 Å². The Bertz CT molecular complexity index is 564. The van der Waals surface area contributed by atoms with Gasteiger partial charge in [0.05, 0.1) is 6.10 Å². The summed E-state index contributed by atoms with van der Waals surface area (Å²) in [6.45, 7) is 6.73. The van der Waals surface area contributed by atoms with Gasteiger partial charge in [-0.2, -0.15) is 0 Å². The largest absolute Gasteiger partial charge is 0.393 e. The molecular weight excluding hydrogens is 296 g/mol. The zero-order valence-corrected chi connectivity index (χ0v) is 15.7. The Morgan fingerprint density at radius 2 is 1.92 bits per heavy atom. The first-order valence-electron chi connectivity index (χ1n) is 10.2. The topological polar surface area (TPSA) is 37.3 Å². The maximum absolute atomic E-state index is 12.2. The second kappa shape index (κ2) is 5.69. The van der Waals surface area contributed by atoms with Crippen LogP contribution in [0.5, 0.6) is 0 Å². The van der Waals surface area contributed by atoms with Gasteiger partial charge in [0, 0.05) is 5.92 Å². The maximum atomic E-state index is 12.2. The summed E-state index contributed by atoms with van der Waals surface area (Å²) in [5.74, 6) is 2.99. The monoisotopic (exact) mass is 330 g/mol. The summed E-state index contributed by atoms with van der Waals surface area (Å²) in [6, 6.07) is 0. The van der Waals surface area contributed by atoms with E-state index in [2.05, 4.69) is 19.9 Å². The molecule has 7 atom stereocenters. The molecule has 0 bridgehead atoms. The van der Waals surface area contributed by atoms with Crippen molar-refractivity contribution in [2.45, 2.75) is 84.7 Å². The van der Waals surface area contributed by atoms with E-state index in [4.69, 9.17) is 0 Å². The fourth-order valence-corrected chi connectivity index (χ4v) is 7.55. The molecule has 3 fully saturated rings. The fourth-order valence-electron chi connectivity index (χ4n) is 7.55. The molecule has 0 aromatic heterocycles. The summed E-state index contributed by atoms with van der Waals surface area (Å²) in [5, 5.41) is 10.2. The van der Waals surface area contributed by atoms with Gasteiger partial charge in [-0.1, -0.05) is 25.5 Å². The van der Waals surface area contributed by atoms with E-state index in [-0.39, 0.29) is 11.5 Å². The number of allylic oxidation sites excluding steroid dienone is 1. The molecule has 24 heavy (non-hydrogen) atoms. The first kappa shape index (κ1) is 16.8. The van der Waals surface area contributed by atoms with E-state index in [1.165, 1.54) is 32.1 Å². The third-order valence-electron chi connectivity index (χ3n) is 8.81. The van der Waals surface area contributed by atoms with Crippen LogP contribution < -0.4 is 0 Å². The summed E-state index contributed by atoms with van der Waals surface area (Å²) in [7, 11) is 0. The van der Waals surface area contributed by atoms with Crippen LogP contribution in [0.2, 0.25) is 0 Å². The van der Waals surface area contributed by atoms with Gasteiger partial charge in [-0.3, -0.25) is 4.79 Å². The molecule has 4 aliphatic carbocycles. The van der Waals surface area contributed by atoms with Gasteiger partial charge in [0.1, 0.15) is 5.78 Å². The van der Waals surface area contributed by atoms with Gasteiger partial charge >= 0.3 is 0 Å². The molecule has 3 saturated carbocycles. The number of rotatable bonds is 1. The number of Topliss-reactive ketones (excluding diaryl/α,β-unsaturated/α-hetero) is 1. The SMILES string of the molecule is CC(=O)[C@H]1CC[C@H]2[C@@H]3CC=C4C[C@H](O)CCC[C@]4(C)[C@H]3CC[C@]12C. The van der Waals surface area contributed by atoms with Crippen LogP contribution in [-0.4, -0.2) is 17.0 Å². The van der Waals surface area contributed by atoms with Gasteiger partial charge < -0.3 is 5.11 Å². The van der Waals surface area contributed by atoms with Crippen LogP contribution in [0.1, 0.15) is 78.6 Å². The minimum Gasteiger partial charge on any atom is -0.393 e. The molecular formula is C22H34O2. The highest BCUT2D eigenvalue weighted by molar-refractivity contribution is 5.79. The number of fused-ring (bicyclic) bond motifs is 5. The summed E-state index contributed by atoms with van der Waals surface area (Å²) >= 11 is 0. The zero-order valence-electron chi connectivity index (χ0n) is 15.7. The van der Waals surface area contributed by atoms with Crippen LogP contribution in [0.25, 0.3) is 0 Å². The lowest BCUT2D eigenvalue weighted by atomic mass is 9.48. The highest BCUT2D eigenvalue weighted by Gasteiger charge is 2.58. The number of ketones is 1. The molecule has 0 aromatic carbocycles. The number of carbonyl (C=O) groups is 1. The molecule has 2 nitrogen and oxygen atoms in total. The molecule has 0 amide bonds. The lowest BCUT2D eigenvalue weighted by molar-refractivity contribution is -0.127. The summed E-state index contributed by atoms with van der Waals surface area (Å²) in [4.78, 5) is 12.2. The van der Waals surface area contributed by atoms with Crippen molar-refractivity contribution >= 4 is 5.78 Å². The van der Waals surface area contributed by atoms with Crippen LogP contribution in [0.3, 0.4) is 0 Å². The van der Waals surface area contributed by atoms with Crippen LogP contribution in [-0.2, 0) is 4.79 Å². The molecule has 134 valence electrons. The zero-order chi connectivity index (χ0) is 17.1. The molecule has 4 aliphatic rings. The normalized spacial score (nSPS) is 51.0. The van der Waals surface area contributed by atoms with Gasteiger partial charge in [0.2, 0.25) is 0 Å². The molecule has 0 spiro atoms. The van der Waals surface area contributed by atoms with Crippen molar-refractivity contribution in [3.05, 3.63) is 11.6 Å². The smallest absolute Gasteiger partial charge is 0.133 e. The standard InChI is InChI=1S/C22H34O2/c1-14(23)18-8-9-19-17-7-6-15-13-16(24)5-4-11-21(15,2)20(17)10-12-22(18,19)3/h6,16-20,24H,4-5,7-13H2,1-3H3/t16-,17+,18-,19+,20+,21+,22-/m1/s1. The van der Waals surface area contributed by atoms with Crippen molar-refractivity contribution in [1.29, 1.82) is 0 Å². The summed E-state index contributed by atoms with van der Waals surface area (Å²) in [5.41, 5.74) is 2.10. The second-order valence-electron chi connectivity index (χ2n) is 9.79. The number of hydrogen-bond donors (Lipinski definition) is 1. The molecule has 1 N–H and O–H groups in total. The van der Waals surface area contributed by atoms with Crippen molar-refractivity contribution in [2.75, 3.05) is 0 Å². The summed E-state index contributed by atoms with van der Waals surface area (Å²) < 4.78 is 0. The van der Waals surface area contributed by atoms with E-state index in [1.807, 2.05) is 6.92 Å². The third-order valence-corrected chi connectivity index (χ3v) is 8.81. The Kier molecular flexibility index (Phi) is 3.99. The molecule has 0 saturated heterocycles. The van der Waals surface area contributed by atoms with Gasteiger partial charge in [-0.25, -0.2) is 0 Å². The Balaban J connectivity index is 1.67. The van der Waals surface area contributed by atoms with Gasteiger partial charge in [0.15, 0.2) is 0 Å². The van der Waals surface area contributed by atoms with E-state index in [9.17, 15) is 9.90 Å². The lowest BCUT2D eigenvalue weighted by Gasteiger charge is -2.56. The average molecular weight is 331 g/mol. The Hall–Kier alpha value is -0.630. The van der Waals surface area contributed by atoms with Gasteiger partial charge in [0.25, 0.3) is 0 Å². The molecule has 0 unspecified atom stereocenters. The van der Waals surface area contributed by atoms with E-state index >= 15 is 0 Å². The Morgan fingerprint density at radius 3 is 2.67 bits per heavy atom. The van der Waals surface area contributed by atoms with E-state index < -0.39 is 0 Å². The quantitative estimate of drug-likeness (QED) is 0.694. The molecule has 2 heteroatoms. The van der Waals surface area contributed by atoms with E-state index in [0.29, 0.717) is 17.1 Å². The number of aliphatic hydroxyl groups excluding tert-OH is 1. The van der Waals surface area contributed by atoms with E-state index in [0.717, 1.165) is 43.4 Å². The summed E-state index contributed by atoms with van der Waals surface area (Å²) in [6.07, 6.45) is 12.7. The molecule has 0 heterocycles. The minimum atomic E-state index is -0.128. The highest BCUT2D eigenvalue weighted by Crippen LogP contribution is 2.65. The lowest BCUT2D eigenvalue weighted by Crippen LogP contribution is -2.49. The minimum absolute atomic E-state index is 0.128. The fraction of sp³-hybridized carbons (Fsp3) is 0.864. The molecule has 0 aromatic rings. The molecule has 4 rings (SSSR count). The third kappa shape index (κ3) is 2.28. The van der Waals surface area contributed by atoms with Crippen molar-refractivity contribution in [2.24, 2.45) is 34.5 Å². The van der Waals surface area contributed by atoms with Crippen LogP contribution in [0.4, 0.5) is 0 Å². The maximum Gasteiger partial charge on any atom is 0.133 e. The Morgan fingerprint density at radius 1 is 1.12 bits per heavy atom. The first-order chi connectivity index (χ1) is 11.4. The van der Waals surface area contributed by atoms with Crippen molar-refractivity contribution < 1.29 is 9.90 Å². The van der Waals surface area contributed by atoms with Crippen LogP contribution >= 0.6 is 0 Å².